The molecule has 0 saturated heterocycles. The predicted octanol–water partition coefficient (Wildman–Crippen LogP) is 5.10. The number of aryl methyl sites for hydroxylation is 6. The number of rotatable bonds is 0. The van der Waals surface area contributed by atoms with Gasteiger partial charge in [-0.3, -0.25) is 4.98 Å². The maximum atomic E-state index is 4.08. The highest BCUT2D eigenvalue weighted by Crippen LogP contribution is 1.99. The van der Waals surface area contributed by atoms with Crippen molar-refractivity contribution >= 4 is 0 Å². The highest BCUT2D eigenvalue weighted by atomic mass is 15.1. The summed E-state index contributed by atoms with van der Waals surface area (Å²) in [6.45, 7) is 12.1. The first-order valence-electron chi connectivity index (χ1n) is 8.06. The summed E-state index contributed by atoms with van der Waals surface area (Å²) in [5, 5.41) is 7.66. The topological polar surface area (TPSA) is 38.7 Å². The van der Waals surface area contributed by atoms with Gasteiger partial charge in [0.25, 0.3) is 0 Å². The van der Waals surface area contributed by atoms with E-state index in [1.54, 1.807) is 0 Å². The zero-order valence-electron chi connectivity index (χ0n) is 15.5. The van der Waals surface area contributed by atoms with Gasteiger partial charge in [-0.25, -0.2) is 0 Å². The Hall–Kier alpha value is -2.55. The summed E-state index contributed by atoms with van der Waals surface area (Å²) < 4.78 is 0. The van der Waals surface area contributed by atoms with Crippen LogP contribution in [0.2, 0.25) is 0 Å². The van der Waals surface area contributed by atoms with Gasteiger partial charge in [-0.05, 0) is 65.3 Å². The van der Waals surface area contributed by atoms with E-state index in [2.05, 4.69) is 59.4 Å². The summed E-state index contributed by atoms with van der Waals surface area (Å²) in [7, 11) is 0. The van der Waals surface area contributed by atoms with E-state index in [0.717, 1.165) is 17.1 Å². The molecule has 126 valence electrons. The van der Waals surface area contributed by atoms with Gasteiger partial charge < -0.3 is 0 Å². The number of pyridine rings is 1. The Labute approximate surface area is 145 Å². The zero-order chi connectivity index (χ0) is 17.9. The van der Waals surface area contributed by atoms with E-state index >= 15 is 0 Å². The second-order valence-electron chi connectivity index (χ2n) is 5.95. The molecule has 24 heavy (non-hydrogen) atoms. The standard InChI is InChI=1S/C8H10.C7H9N.C6H8N2/c1-7-3-5-8(2)6-4-7;1-6-3-4-7(2)8-5-6;1-5-3-4-6(2)8-7-5/h3-6H,1-2H3;3-5H,1-2H3;3-4H,1-2H3. The van der Waals surface area contributed by atoms with Gasteiger partial charge in [0.05, 0.1) is 11.4 Å². The summed E-state index contributed by atoms with van der Waals surface area (Å²) in [6, 6.07) is 16.4. The minimum atomic E-state index is 0.968. The van der Waals surface area contributed by atoms with E-state index in [-0.39, 0.29) is 0 Å². The third-order valence-corrected chi connectivity index (χ3v) is 3.21. The van der Waals surface area contributed by atoms with Crippen LogP contribution in [0.15, 0.2) is 54.7 Å². The molecule has 0 saturated carbocycles. The molecule has 0 amide bonds. The summed E-state index contributed by atoms with van der Waals surface area (Å²) >= 11 is 0. The van der Waals surface area contributed by atoms with Crippen LogP contribution in [0.3, 0.4) is 0 Å². The van der Waals surface area contributed by atoms with E-state index in [1.807, 2.05) is 52.1 Å². The van der Waals surface area contributed by atoms with Crippen molar-refractivity contribution in [2.75, 3.05) is 0 Å². The van der Waals surface area contributed by atoms with Gasteiger partial charge in [0.1, 0.15) is 0 Å². The molecule has 2 aromatic heterocycles. The van der Waals surface area contributed by atoms with Gasteiger partial charge >= 0.3 is 0 Å². The van der Waals surface area contributed by atoms with Crippen LogP contribution >= 0.6 is 0 Å². The van der Waals surface area contributed by atoms with E-state index < -0.39 is 0 Å². The summed E-state index contributed by atoms with van der Waals surface area (Å²) in [4.78, 5) is 4.08. The molecule has 0 aliphatic heterocycles. The fourth-order valence-corrected chi connectivity index (χ4v) is 1.64. The van der Waals surface area contributed by atoms with Gasteiger partial charge in [0.2, 0.25) is 0 Å². The van der Waals surface area contributed by atoms with E-state index in [0.29, 0.717) is 0 Å². The molecule has 0 aliphatic rings. The molecule has 3 nitrogen and oxygen atoms in total. The van der Waals surface area contributed by atoms with Crippen molar-refractivity contribution in [2.24, 2.45) is 0 Å². The third kappa shape index (κ3) is 8.79. The van der Waals surface area contributed by atoms with Crippen LogP contribution in [-0.4, -0.2) is 15.2 Å². The lowest BCUT2D eigenvalue weighted by Crippen LogP contribution is -1.86. The maximum Gasteiger partial charge on any atom is 0.0600 e. The molecule has 0 radical (unpaired) electrons. The van der Waals surface area contributed by atoms with Crippen LogP contribution in [0, 0.1) is 41.5 Å². The average Bonchev–Trinajstić information content (AvgIpc) is 2.57. The molecular weight excluding hydrogens is 294 g/mol. The first kappa shape index (κ1) is 19.5. The van der Waals surface area contributed by atoms with Crippen molar-refractivity contribution in [3.63, 3.8) is 0 Å². The molecule has 0 N–H and O–H groups in total. The van der Waals surface area contributed by atoms with E-state index in [1.165, 1.54) is 16.7 Å². The number of hydrogen-bond acceptors (Lipinski definition) is 3. The van der Waals surface area contributed by atoms with Crippen molar-refractivity contribution in [3.8, 4) is 0 Å². The lowest BCUT2D eigenvalue weighted by molar-refractivity contribution is 0.941. The van der Waals surface area contributed by atoms with E-state index in [9.17, 15) is 0 Å². The minimum Gasteiger partial charge on any atom is -0.261 e. The average molecular weight is 321 g/mol. The van der Waals surface area contributed by atoms with Gasteiger partial charge in [0.15, 0.2) is 0 Å². The second-order valence-corrected chi connectivity index (χ2v) is 5.95. The number of nitrogens with zero attached hydrogens (tertiary/aromatic N) is 3. The molecule has 1 aromatic carbocycles. The molecule has 3 aromatic rings. The highest BCUT2D eigenvalue weighted by molar-refractivity contribution is 5.19. The second kappa shape index (κ2) is 10.3. The Bertz CT molecular complexity index is 533. The predicted molar refractivity (Wildman–Crippen MR) is 101 cm³/mol. The van der Waals surface area contributed by atoms with Crippen molar-refractivity contribution in [1.82, 2.24) is 15.2 Å². The lowest BCUT2D eigenvalue weighted by atomic mass is 10.2. The molecule has 2 heterocycles. The summed E-state index contributed by atoms with van der Waals surface area (Å²) in [6.07, 6.45) is 1.87. The fourth-order valence-electron chi connectivity index (χ4n) is 1.64. The van der Waals surface area contributed by atoms with Crippen LogP contribution in [0.5, 0.6) is 0 Å². The van der Waals surface area contributed by atoms with Crippen LogP contribution in [0.4, 0.5) is 0 Å². The first-order chi connectivity index (χ1) is 11.4. The molecule has 3 heteroatoms. The normalized spacial score (nSPS) is 9.25. The Morgan fingerprint density at radius 1 is 0.458 bits per heavy atom. The smallest absolute Gasteiger partial charge is 0.0600 e. The fraction of sp³-hybridized carbons (Fsp3) is 0.286. The molecular formula is C21H27N3. The molecule has 0 atom stereocenters. The van der Waals surface area contributed by atoms with Gasteiger partial charge in [-0.2, -0.15) is 10.2 Å². The molecule has 0 unspecified atom stereocenters. The third-order valence-electron chi connectivity index (χ3n) is 3.21. The Morgan fingerprint density at radius 3 is 1.12 bits per heavy atom. The number of aromatic nitrogens is 3. The maximum absolute atomic E-state index is 4.08. The molecule has 0 aliphatic carbocycles. The number of hydrogen-bond donors (Lipinski definition) is 0. The van der Waals surface area contributed by atoms with Crippen molar-refractivity contribution < 1.29 is 0 Å². The summed E-state index contributed by atoms with van der Waals surface area (Å²) in [5.74, 6) is 0. The summed E-state index contributed by atoms with van der Waals surface area (Å²) in [5.41, 5.74) is 6.89. The quantitative estimate of drug-likeness (QED) is 0.578. The Balaban J connectivity index is 0.000000180. The monoisotopic (exact) mass is 321 g/mol. The Kier molecular flexibility index (Phi) is 8.34. The van der Waals surface area contributed by atoms with E-state index in [4.69, 9.17) is 0 Å². The van der Waals surface area contributed by atoms with Gasteiger partial charge in [-0.1, -0.05) is 41.5 Å². The largest absolute Gasteiger partial charge is 0.261 e. The van der Waals surface area contributed by atoms with Crippen LogP contribution in [0.25, 0.3) is 0 Å². The Morgan fingerprint density at radius 2 is 0.833 bits per heavy atom. The first-order valence-corrected chi connectivity index (χ1v) is 8.06. The van der Waals surface area contributed by atoms with Crippen LogP contribution in [0.1, 0.15) is 33.8 Å². The molecule has 3 rings (SSSR count). The zero-order valence-corrected chi connectivity index (χ0v) is 15.5. The highest BCUT2D eigenvalue weighted by Gasteiger charge is 1.83. The van der Waals surface area contributed by atoms with Gasteiger partial charge in [0, 0.05) is 11.9 Å². The lowest BCUT2D eigenvalue weighted by Gasteiger charge is -1.90. The molecule has 0 bridgehead atoms. The SMILES string of the molecule is Cc1ccc(C)cc1.Cc1ccc(C)nc1.Cc1ccc(C)nn1. The molecule has 0 fully saturated rings. The molecule has 0 spiro atoms. The van der Waals surface area contributed by atoms with Crippen molar-refractivity contribution in [3.05, 3.63) is 88.5 Å². The van der Waals surface area contributed by atoms with Crippen molar-refractivity contribution in [2.45, 2.75) is 41.5 Å². The van der Waals surface area contributed by atoms with Crippen LogP contribution in [-0.2, 0) is 0 Å². The van der Waals surface area contributed by atoms with Crippen LogP contribution < -0.4 is 0 Å². The van der Waals surface area contributed by atoms with Gasteiger partial charge in [-0.15, -0.1) is 0 Å². The minimum absolute atomic E-state index is 0.968. The number of benzene rings is 1. The van der Waals surface area contributed by atoms with Crippen molar-refractivity contribution in [1.29, 1.82) is 0 Å².